The first-order chi connectivity index (χ1) is 8.24. The average molecular weight is 256 g/mol. The fraction of sp³-hybridized carbons (Fsp3) is 0.462. The van der Waals surface area contributed by atoms with Gasteiger partial charge in [0, 0.05) is 24.2 Å². The number of rotatable bonds is 3. The van der Waals surface area contributed by atoms with E-state index in [-0.39, 0.29) is 23.6 Å². The molecule has 0 radical (unpaired) electrons. The summed E-state index contributed by atoms with van der Waals surface area (Å²) in [6.45, 7) is 6.04. The van der Waals surface area contributed by atoms with Crippen LogP contribution in [0, 0.1) is 17.0 Å². The van der Waals surface area contributed by atoms with Crippen molar-refractivity contribution < 1.29 is 13.6 Å². The molecule has 0 fully saturated rings. The smallest absolute Gasteiger partial charge is 0.251 e. The van der Waals surface area contributed by atoms with E-state index in [1.807, 2.05) is 20.8 Å². The molecule has 1 amide bonds. The number of nitrogens with one attached hydrogen (secondary N) is 1. The third-order valence-corrected chi connectivity index (χ3v) is 2.71. The molecule has 3 nitrogen and oxygen atoms in total. The summed E-state index contributed by atoms with van der Waals surface area (Å²) in [6.07, 6.45) is 0. The quantitative estimate of drug-likeness (QED) is 0.869. The monoisotopic (exact) mass is 256 g/mol. The van der Waals surface area contributed by atoms with Gasteiger partial charge in [0.2, 0.25) is 0 Å². The number of hydrogen-bond acceptors (Lipinski definition) is 2. The molecule has 0 bridgehead atoms. The lowest BCUT2D eigenvalue weighted by Crippen LogP contribution is -2.48. The van der Waals surface area contributed by atoms with E-state index >= 15 is 0 Å². The van der Waals surface area contributed by atoms with Gasteiger partial charge in [-0.25, -0.2) is 8.78 Å². The largest absolute Gasteiger partial charge is 0.348 e. The van der Waals surface area contributed by atoms with Gasteiger partial charge in [-0.3, -0.25) is 4.79 Å². The lowest BCUT2D eigenvalue weighted by molar-refractivity contribution is 0.0904. The predicted octanol–water partition coefficient (Wildman–Crippen LogP) is 2.07. The first kappa shape index (κ1) is 14.6. The van der Waals surface area contributed by atoms with Crippen LogP contribution in [0.3, 0.4) is 0 Å². The van der Waals surface area contributed by atoms with Crippen LogP contribution in [0.15, 0.2) is 18.2 Å². The molecule has 1 rings (SSSR count). The highest BCUT2D eigenvalue weighted by atomic mass is 19.1. The second kappa shape index (κ2) is 5.44. The summed E-state index contributed by atoms with van der Waals surface area (Å²) in [6, 6.07) is 2.45. The Morgan fingerprint density at radius 1 is 1.28 bits per heavy atom. The van der Waals surface area contributed by atoms with E-state index in [9.17, 15) is 13.6 Å². The van der Waals surface area contributed by atoms with Crippen molar-refractivity contribution in [1.82, 2.24) is 5.32 Å². The van der Waals surface area contributed by atoms with Crippen molar-refractivity contribution in [2.24, 2.45) is 11.1 Å². The lowest BCUT2D eigenvalue weighted by Gasteiger charge is -2.30. The number of carbonyl (C=O) groups excluding carboxylic acids is 1. The zero-order chi connectivity index (χ0) is 13.9. The number of amides is 1. The van der Waals surface area contributed by atoms with Crippen molar-refractivity contribution in [2.75, 3.05) is 6.54 Å². The van der Waals surface area contributed by atoms with Gasteiger partial charge in [-0.05, 0) is 17.5 Å². The van der Waals surface area contributed by atoms with Gasteiger partial charge in [-0.2, -0.15) is 0 Å². The third kappa shape index (κ3) is 3.77. The molecule has 0 heterocycles. The van der Waals surface area contributed by atoms with Gasteiger partial charge < -0.3 is 11.1 Å². The molecule has 1 aromatic rings. The van der Waals surface area contributed by atoms with E-state index in [4.69, 9.17) is 5.73 Å². The van der Waals surface area contributed by atoms with Crippen molar-refractivity contribution >= 4 is 5.91 Å². The topological polar surface area (TPSA) is 55.1 Å². The van der Waals surface area contributed by atoms with Gasteiger partial charge in [0.1, 0.15) is 11.6 Å². The lowest BCUT2D eigenvalue weighted by atomic mass is 9.86. The average Bonchev–Trinajstić information content (AvgIpc) is 2.22. The summed E-state index contributed by atoms with van der Waals surface area (Å²) < 4.78 is 26.0. The molecule has 1 unspecified atom stereocenters. The Balaban J connectivity index is 2.88. The molecule has 3 N–H and O–H groups in total. The first-order valence-electron chi connectivity index (χ1n) is 5.71. The molecular formula is C13H18F2N2O. The number of hydrogen-bond donors (Lipinski definition) is 2. The molecule has 0 aromatic heterocycles. The Bertz CT molecular complexity index is 421. The summed E-state index contributed by atoms with van der Waals surface area (Å²) in [4.78, 5) is 11.9. The number of benzene rings is 1. The Kier molecular flexibility index (Phi) is 4.40. The number of nitrogens with two attached hydrogens (primary N) is 1. The zero-order valence-electron chi connectivity index (χ0n) is 10.8. The molecule has 100 valence electrons. The van der Waals surface area contributed by atoms with Gasteiger partial charge in [0.15, 0.2) is 0 Å². The molecule has 18 heavy (non-hydrogen) atoms. The maximum Gasteiger partial charge on any atom is 0.251 e. The summed E-state index contributed by atoms with van der Waals surface area (Å²) in [7, 11) is 0. The second-order valence-electron chi connectivity index (χ2n) is 5.29. The van der Waals surface area contributed by atoms with Crippen LogP contribution in [0.2, 0.25) is 0 Å². The molecule has 0 aliphatic heterocycles. The highest BCUT2D eigenvalue weighted by molar-refractivity contribution is 5.94. The molecule has 0 aliphatic rings. The number of halogens is 2. The Labute approximate surface area is 105 Å². The van der Waals surface area contributed by atoms with Crippen LogP contribution in [0.5, 0.6) is 0 Å². The van der Waals surface area contributed by atoms with Gasteiger partial charge >= 0.3 is 0 Å². The third-order valence-electron chi connectivity index (χ3n) is 2.71. The SMILES string of the molecule is CC(C)(C)C(CN)NC(=O)c1cc(F)cc(F)c1. The van der Waals surface area contributed by atoms with Crippen LogP contribution in [0.4, 0.5) is 8.78 Å². The minimum atomic E-state index is -0.778. The minimum Gasteiger partial charge on any atom is -0.348 e. The Hall–Kier alpha value is -1.49. The Morgan fingerprint density at radius 2 is 1.78 bits per heavy atom. The van der Waals surface area contributed by atoms with E-state index < -0.39 is 17.5 Å². The van der Waals surface area contributed by atoms with Crippen LogP contribution < -0.4 is 11.1 Å². The van der Waals surface area contributed by atoms with Crippen LogP contribution in [-0.2, 0) is 0 Å². The number of carbonyl (C=O) groups is 1. The van der Waals surface area contributed by atoms with Gasteiger partial charge in [0.05, 0.1) is 0 Å². The normalized spacial score (nSPS) is 13.2. The molecule has 0 spiro atoms. The summed E-state index contributed by atoms with van der Waals surface area (Å²) in [5.74, 6) is -2.08. The van der Waals surface area contributed by atoms with E-state index in [0.29, 0.717) is 0 Å². The fourth-order valence-corrected chi connectivity index (χ4v) is 1.56. The van der Waals surface area contributed by atoms with Gasteiger partial charge in [-0.15, -0.1) is 0 Å². The van der Waals surface area contributed by atoms with Crippen LogP contribution in [-0.4, -0.2) is 18.5 Å². The molecule has 5 heteroatoms. The van der Waals surface area contributed by atoms with Crippen LogP contribution in [0.1, 0.15) is 31.1 Å². The molecular weight excluding hydrogens is 238 g/mol. The summed E-state index contributed by atoms with van der Waals surface area (Å²) in [5, 5.41) is 2.68. The summed E-state index contributed by atoms with van der Waals surface area (Å²) in [5.41, 5.74) is 5.31. The highest BCUT2D eigenvalue weighted by Gasteiger charge is 2.25. The summed E-state index contributed by atoms with van der Waals surface area (Å²) >= 11 is 0. The molecule has 1 atom stereocenters. The Morgan fingerprint density at radius 3 is 2.17 bits per heavy atom. The standard InChI is InChI=1S/C13H18F2N2O/c1-13(2,3)11(7-16)17-12(18)8-4-9(14)6-10(15)5-8/h4-6,11H,7,16H2,1-3H3,(H,17,18). The minimum absolute atomic E-state index is 0.0461. The van der Waals surface area contributed by atoms with Crippen molar-refractivity contribution in [1.29, 1.82) is 0 Å². The maximum absolute atomic E-state index is 13.0. The van der Waals surface area contributed by atoms with E-state index in [1.165, 1.54) is 0 Å². The van der Waals surface area contributed by atoms with Gasteiger partial charge in [0.25, 0.3) is 5.91 Å². The maximum atomic E-state index is 13.0. The van der Waals surface area contributed by atoms with Crippen LogP contribution in [0.25, 0.3) is 0 Å². The van der Waals surface area contributed by atoms with Crippen LogP contribution >= 0.6 is 0 Å². The fourth-order valence-electron chi connectivity index (χ4n) is 1.56. The molecule has 0 saturated heterocycles. The van der Waals surface area contributed by atoms with E-state index in [0.717, 1.165) is 18.2 Å². The highest BCUT2D eigenvalue weighted by Crippen LogP contribution is 2.19. The first-order valence-corrected chi connectivity index (χ1v) is 5.71. The van der Waals surface area contributed by atoms with Crippen molar-refractivity contribution in [3.63, 3.8) is 0 Å². The van der Waals surface area contributed by atoms with E-state index in [1.54, 1.807) is 0 Å². The van der Waals surface area contributed by atoms with Gasteiger partial charge in [-0.1, -0.05) is 20.8 Å². The van der Waals surface area contributed by atoms with Crippen molar-refractivity contribution in [3.05, 3.63) is 35.4 Å². The molecule has 0 saturated carbocycles. The van der Waals surface area contributed by atoms with Crippen molar-refractivity contribution in [2.45, 2.75) is 26.8 Å². The van der Waals surface area contributed by atoms with E-state index in [2.05, 4.69) is 5.32 Å². The van der Waals surface area contributed by atoms with Crippen molar-refractivity contribution in [3.8, 4) is 0 Å². The molecule has 1 aromatic carbocycles. The molecule has 0 aliphatic carbocycles. The second-order valence-corrected chi connectivity index (χ2v) is 5.29. The predicted molar refractivity (Wildman–Crippen MR) is 66.1 cm³/mol. The zero-order valence-corrected chi connectivity index (χ0v) is 10.8.